The van der Waals surface area contributed by atoms with Crippen LogP contribution in [0, 0.1) is 11.8 Å². The van der Waals surface area contributed by atoms with E-state index in [0.717, 1.165) is 18.8 Å². The molecule has 1 aliphatic rings. The molecule has 2 unspecified atom stereocenters. The molecule has 94 valence electrons. The van der Waals surface area contributed by atoms with E-state index < -0.39 is 11.5 Å². The van der Waals surface area contributed by atoms with Gasteiger partial charge in [-0.05, 0) is 38.0 Å². The Kier molecular flexibility index (Phi) is 4.78. The Morgan fingerprint density at radius 2 is 2.19 bits per heavy atom. The van der Waals surface area contributed by atoms with Gasteiger partial charge in [0.15, 0.2) is 0 Å². The van der Waals surface area contributed by atoms with E-state index in [1.54, 1.807) is 6.92 Å². The van der Waals surface area contributed by atoms with E-state index in [-0.39, 0.29) is 0 Å². The second kappa shape index (κ2) is 5.67. The quantitative estimate of drug-likeness (QED) is 0.703. The molecule has 1 saturated carbocycles. The van der Waals surface area contributed by atoms with Crippen LogP contribution < -0.4 is 5.73 Å². The highest BCUT2D eigenvalue weighted by Gasteiger charge is 2.29. The van der Waals surface area contributed by atoms with Gasteiger partial charge in [0.1, 0.15) is 5.54 Å². The first-order chi connectivity index (χ1) is 7.45. The van der Waals surface area contributed by atoms with Crippen LogP contribution in [0.5, 0.6) is 0 Å². The van der Waals surface area contributed by atoms with Gasteiger partial charge in [0.2, 0.25) is 0 Å². The molecule has 3 nitrogen and oxygen atoms in total. The number of hydrogen-bond donors (Lipinski definition) is 2. The minimum Gasteiger partial charge on any atom is -0.480 e. The van der Waals surface area contributed by atoms with Crippen LogP contribution >= 0.6 is 0 Å². The van der Waals surface area contributed by atoms with Crippen molar-refractivity contribution in [3.05, 3.63) is 0 Å². The first kappa shape index (κ1) is 13.5. The summed E-state index contributed by atoms with van der Waals surface area (Å²) in [6, 6.07) is 0. The van der Waals surface area contributed by atoms with Crippen molar-refractivity contribution in [3.8, 4) is 0 Å². The van der Waals surface area contributed by atoms with Crippen LogP contribution in [0.3, 0.4) is 0 Å². The molecule has 0 amide bonds. The molecule has 0 aromatic carbocycles. The average Bonchev–Trinajstić information content (AvgIpc) is 2.15. The zero-order valence-electron chi connectivity index (χ0n) is 10.5. The van der Waals surface area contributed by atoms with Crippen molar-refractivity contribution in [3.63, 3.8) is 0 Å². The van der Waals surface area contributed by atoms with E-state index in [4.69, 9.17) is 10.8 Å². The molecule has 2 atom stereocenters. The standard InChI is InChI=1S/C13H25NO2/c1-3-10(9-11-5-4-6-11)7-8-13(2,14)12(15)16/h10-11H,3-9,14H2,1-2H3,(H,15,16). The molecule has 1 fully saturated rings. The molecule has 0 spiro atoms. The SMILES string of the molecule is CCC(CCC(C)(N)C(=O)O)CC1CCC1. The van der Waals surface area contributed by atoms with Crippen LogP contribution in [-0.2, 0) is 4.79 Å². The number of carboxylic acid groups (broad SMARTS) is 1. The Morgan fingerprint density at radius 3 is 2.56 bits per heavy atom. The first-order valence-corrected chi connectivity index (χ1v) is 6.48. The fraction of sp³-hybridized carbons (Fsp3) is 0.923. The van der Waals surface area contributed by atoms with Crippen LogP contribution in [0.4, 0.5) is 0 Å². The lowest BCUT2D eigenvalue weighted by Crippen LogP contribution is -2.45. The Bertz CT molecular complexity index is 234. The zero-order valence-corrected chi connectivity index (χ0v) is 10.5. The van der Waals surface area contributed by atoms with Crippen LogP contribution in [-0.4, -0.2) is 16.6 Å². The molecule has 0 aromatic heterocycles. The third-order valence-corrected chi connectivity index (χ3v) is 4.03. The van der Waals surface area contributed by atoms with Crippen LogP contribution in [0.15, 0.2) is 0 Å². The maximum absolute atomic E-state index is 10.9. The second-order valence-electron chi connectivity index (χ2n) is 5.57. The molecule has 16 heavy (non-hydrogen) atoms. The minimum absolute atomic E-state index is 0.591. The third-order valence-electron chi connectivity index (χ3n) is 4.03. The molecule has 3 N–H and O–H groups in total. The molecular formula is C13H25NO2. The van der Waals surface area contributed by atoms with Crippen LogP contribution in [0.2, 0.25) is 0 Å². The van der Waals surface area contributed by atoms with Gasteiger partial charge in [-0.2, -0.15) is 0 Å². The van der Waals surface area contributed by atoms with Crippen molar-refractivity contribution in [2.75, 3.05) is 0 Å². The monoisotopic (exact) mass is 227 g/mol. The number of carbonyl (C=O) groups is 1. The topological polar surface area (TPSA) is 63.3 Å². The lowest BCUT2D eigenvalue weighted by atomic mass is 9.76. The Balaban J connectivity index is 2.29. The summed E-state index contributed by atoms with van der Waals surface area (Å²) in [4.78, 5) is 10.9. The van der Waals surface area contributed by atoms with Gasteiger partial charge in [0.25, 0.3) is 0 Å². The Morgan fingerprint density at radius 1 is 1.56 bits per heavy atom. The molecule has 0 saturated heterocycles. The Hall–Kier alpha value is -0.570. The highest BCUT2D eigenvalue weighted by atomic mass is 16.4. The van der Waals surface area contributed by atoms with Gasteiger partial charge < -0.3 is 10.8 Å². The molecule has 0 aromatic rings. The number of carboxylic acids is 1. The summed E-state index contributed by atoms with van der Waals surface area (Å²) in [6.45, 7) is 3.81. The molecule has 3 heteroatoms. The highest BCUT2D eigenvalue weighted by Crippen LogP contribution is 2.35. The van der Waals surface area contributed by atoms with Crippen LogP contribution in [0.1, 0.15) is 58.8 Å². The average molecular weight is 227 g/mol. The van der Waals surface area contributed by atoms with Gasteiger partial charge in [0, 0.05) is 0 Å². The molecule has 0 aliphatic heterocycles. The summed E-state index contributed by atoms with van der Waals surface area (Å²) in [6.07, 6.45) is 8.08. The van der Waals surface area contributed by atoms with Crippen molar-refractivity contribution in [2.45, 2.75) is 64.3 Å². The van der Waals surface area contributed by atoms with Gasteiger partial charge >= 0.3 is 5.97 Å². The number of rotatable bonds is 7. The summed E-state index contributed by atoms with van der Waals surface area (Å²) < 4.78 is 0. The predicted molar refractivity (Wildman–Crippen MR) is 65.2 cm³/mol. The molecule has 1 aliphatic carbocycles. The van der Waals surface area contributed by atoms with Gasteiger partial charge in [-0.25, -0.2) is 0 Å². The van der Waals surface area contributed by atoms with Crippen molar-refractivity contribution in [2.24, 2.45) is 17.6 Å². The number of nitrogens with two attached hydrogens (primary N) is 1. The molecule has 0 radical (unpaired) electrons. The minimum atomic E-state index is -1.05. The highest BCUT2D eigenvalue weighted by molar-refractivity contribution is 5.77. The van der Waals surface area contributed by atoms with Gasteiger partial charge in [-0.1, -0.05) is 32.6 Å². The fourth-order valence-electron chi connectivity index (χ4n) is 2.30. The molecule has 0 heterocycles. The third kappa shape index (κ3) is 3.78. The fourth-order valence-corrected chi connectivity index (χ4v) is 2.30. The van der Waals surface area contributed by atoms with E-state index in [1.165, 1.54) is 25.7 Å². The predicted octanol–water partition coefficient (Wildman–Crippen LogP) is 2.79. The normalized spacial score (nSPS) is 22.2. The summed E-state index contributed by atoms with van der Waals surface area (Å²) in [7, 11) is 0. The lowest BCUT2D eigenvalue weighted by Gasteiger charge is -2.30. The maximum Gasteiger partial charge on any atom is 0.323 e. The summed E-state index contributed by atoms with van der Waals surface area (Å²) >= 11 is 0. The van der Waals surface area contributed by atoms with E-state index in [9.17, 15) is 4.79 Å². The zero-order chi connectivity index (χ0) is 12.2. The van der Waals surface area contributed by atoms with Crippen molar-refractivity contribution in [1.82, 2.24) is 0 Å². The van der Waals surface area contributed by atoms with E-state index in [2.05, 4.69) is 6.92 Å². The summed E-state index contributed by atoms with van der Waals surface area (Å²) in [5, 5.41) is 8.94. The lowest BCUT2D eigenvalue weighted by molar-refractivity contribution is -0.143. The van der Waals surface area contributed by atoms with Crippen molar-refractivity contribution in [1.29, 1.82) is 0 Å². The maximum atomic E-state index is 10.9. The van der Waals surface area contributed by atoms with Crippen molar-refractivity contribution < 1.29 is 9.90 Å². The van der Waals surface area contributed by atoms with Gasteiger partial charge in [-0.3, -0.25) is 4.79 Å². The molecular weight excluding hydrogens is 202 g/mol. The molecule has 0 bridgehead atoms. The largest absolute Gasteiger partial charge is 0.480 e. The van der Waals surface area contributed by atoms with E-state index in [1.807, 2.05) is 0 Å². The smallest absolute Gasteiger partial charge is 0.323 e. The van der Waals surface area contributed by atoms with Crippen molar-refractivity contribution >= 4 is 5.97 Å². The van der Waals surface area contributed by atoms with Gasteiger partial charge in [0.05, 0.1) is 0 Å². The summed E-state index contributed by atoms with van der Waals surface area (Å²) in [5.74, 6) is 0.678. The van der Waals surface area contributed by atoms with Gasteiger partial charge in [-0.15, -0.1) is 0 Å². The van der Waals surface area contributed by atoms with Crippen LogP contribution in [0.25, 0.3) is 0 Å². The Labute approximate surface area is 98.4 Å². The second-order valence-corrected chi connectivity index (χ2v) is 5.57. The first-order valence-electron chi connectivity index (χ1n) is 6.48. The molecule has 1 rings (SSSR count). The summed E-state index contributed by atoms with van der Waals surface area (Å²) in [5.41, 5.74) is 4.69. The van der Waals surface area contributed by atoms with E-state index in [0.29, 0.717) is 12.3 Å². The van der Waals surface area contributed by atoms with E-state index >= 15 is 0 Å². The number of hydrogen-bond acceptors (Lipinski definition) is 2. The number of aliphatic carboxylic acids is 1.